The van der Waals surface area contributed by atoms with Crippen LogP contribution in [-0.2, 0) is 11.4 Å². The molecule has 0 bridgehead atoms. The van der Waals surface area contributed by atoms with Gasteiger partial charge >= 0.3 is 5.97 Å². The normalized spacial score (nSPS) is 13.8. The number of aromatic nitrogens is 1. The maximum atomic E-state index is 14.0. The molecule has 0 amide bonds. The molecular weight excluding hydrogens is 361 g/mol. The number of aliphatic carboxylic acids is 1. The Morgan fingerprint density at radius 2 is 2.07 bits per heavy atom. The average molecular weight is 381 g/mol. The van der Waals surface area contributed by atoms with Gasteiger partial charge in [0.15, 0.2) is 0 Å². The van der Waals surface area contributed by atoms with E-state index in [4.69, 9.17) is 15.1 Å². The number of hydrogen-bond donors (Lipinski definition) is 1. The number of carboxylic acids is 1. The SMILES string of the molecule is CC(C(=O)O)=C1CCN(c2cccc(OCc3ccc(C#N)cc3F)n2)CC1. The van der Waals surface area contributed by atoms with Crippen molar-refractivity contribution >= 4 is 11.8 Å². The van der Waals surface area contributed by atoms with Crippen molar-refractivity contribution in [1.29, 1.82) is 5.26 Å². The van der Waals surface area contributed by atoms with E-state index in [1.54, 1.807) is 19.1 Å². The first kappa shape index (κ1) is 19.4. The van der Waals surface area contributed by atoms with Gasteiger partial charge in [0.2, 0.25) is 5.88 Å². The number of carboxylic acid groups (broad SMARTS) is 1. The van der Waals surface area contributed by atoms with Crippen LogP contribution in [0.1, 0.15) is 30.9 Å². The fourth-order valence-electron chi connectivity index (χ4n) is 3.08. The van der Waals surface area contributed by atoms with E-state index in [-0.39, 0.29) is 12.2 Å². The minimum Gasteiger partial charge on any atom is -0.478 e. The van der Waals surface area contributed by atoms with Crippen LogP contribution in [0.25, 0.3) is 0 Å². The van der Waals surface area contributed by atoms with E-state index in [1.807, 2.05) is 18.2 Å². The van der Waals surface area contributed by atoms with Gasteiger partial charge in [0.25, 0.3) is 0 Å². The summed E-state index contributed by atoms with van der Waals surface area (Å²) < 4.78 is 19.6. The second-order valence-corrected chi connectivity index (χ2v) is 6.56. The van der Waals surface area contributed by atoms with E-state index in [1.165, 1.54) is 12.1 Å². The zero-order valence-corrected chi connectivity index (χ0v) is 15.5. The quantitative estimate of drug-likeness (QED) is 0.795. The molecule has 144 valence electrons. The van der Waals surface area contributed by atoms with E-state index in [2.05, 4.69) is 9.88 Å². The molecule has 28 heavy (non-hydrogen) atoms. The number of pyridine rings is 1. The molecule has 0 saturated carbocycles. The van der Waals surface area contributed by atoms with Crippen LogP contribution in [0, 0.1) is 17.1 Å². The van der Waals surface area contributed by atoms with Crippen LogP contribution in [0.5, 0.6) is 5.88 Å². The number of nitriles is 1. The summed E-state index contributed by atoms with van der Waals surface area (Å²) in [4.78, 5) is 17.7. The smallest absolute Gasteiger partial charge is 0.331 e. The highest BCUT2D eigenvalue weighted by Crippen LogP contribution is 2.25. The van der Waals surface area contributed by atoms with Gasteiger partial charge in [0.05, 0.1) is 11.6 Å². The van der Waals surface area contributed by atoms with Crippen molar-refractivity contribution in [2.75, 3.05) is 18.0 Å². The molecule has 1 fully saturated rings. The molecule has 1 aliphatic heterocycles. The number of hydrogen-bond acceptors (Lipinski definition) is 5. The summed E-state index contributed by atoms with van der Waals surface area (Å²) in [5.74, 6) is -0.236. The van der Waals surface area contributed by atoms with E-state index >= 15 is 0 Å². The first-order valence-electron chi connectivity index (χ1n) is 8.93. The third-order valence-electron chi connectivity index (χ3n) is 4.81. The first-order valence-corrected chi connectivity index (χ1v) is 8.93. The van der Waals surface area contributed by atoms with Crippen molar-refractivity contribution in [3.05, 3.63) is 64.5 Å². The van der Waals surface area contributed by atoms with Crippen LogP contribution in [0.2, 0.25) is 0 Å². The Bertz CT molecular complexity index is 956. The zero-order valence-electron chi connectivity index (χ0n) is 15.5. The number of benzene rings is 1. The van der Waals surface area contributed by atoms with Crippen LogP contribution in [0.3, 0.4) is 0 Å². The van der Waals surface area contributed by atoms with E-state index < -0.39 is 11.8 Å². The number of carbonyl (C=O) groups is 1. The average Bonchev–Trinajstić information content (AvgIpc) is 2.72. The maximum Gasteiger partial charge on any atom is 0.331 e. The van der Waals surface area contributed by atoms with Crippen molar-refractivity contribution in [3.63, 3.8) is 0 Å². The molecule has 1 saturated heterocycles. The Morgan fingerprint density at radius 3 is 2.71 bits per heavy atom. The molecule has 1 aromatic carbocycles. The Labute approximate surface area is 162 Å². The minimum atomic E-state index is -0.869. The van der Waals surface area contributed by atoms with Crippen molar-refractivity contribution in [1.82, 2.24) is 4.98 Å². The molecule has 6 nitrogen and oxygen atoms in total. The van der Waals surface area contributed by atoms with Crippen LogP contribution >= 0.6 is 0 Å². The molecule has 0 unspecified atom stereocenters. The van der Waals surface area contributed by atoms with Crippen LogP contribution in [0.4, 0.5) is 10.2 Å². The monoisotopic (exact) mass is 381 g/mol. The predicted octanol–water partition coefficient (Wildman–Crippen LogP) is 3.67. The summed E-state index contributed by atoms with van der Waals surface area (Å²) in [6.07, 6.45) is 1.36. The second-order valence-electron chi connectivity index (χ2n) is 6.56. The maximum absolute atomic E-state index is 14.0. The summed E-state index contributed by atoms with van der Waals surface area (Å²) in [5, 5.41) is 17.9. The highest BCUT2D eigenvalue weighted by molar-refractivity contribution is 5.86. The fraction of sp³-hybridized carbons (Fsp3) is 0.286. The Morgan fingerprint density at radius 1 is 1.32 bits per heavy atom. The molecule has 0 radical (unpaired) electrons. The number of halogens is 1. The van der Waals surface area contributed by atoms with E-state index in [0.29, 0.717) is 42.9 Å². The Balaban J connectivity index is 1.64. The first-order chi connectivity index (χ1) is 13.5. The third-order valence-corrected chi connectivity index (χ3v) is 4.81. The summed E-state index contributed by atoms with van der Waals surface area (Å²) in [6.45, 7) is 3.02. The largest absolute Gasteiger partial charge is 0.478 e. The molecule has 1 aliphatic rings. The van der Waals surface area contributed by atoms with Crippen LogP contribution < -0.4 is 9.64 Å². The fourth-order valence-corrected chi connectivity index (χ4v) is 3.08. The molecule has 0 spiro atoms. The van der Waals surface area contributed by atoms with Gasteiger partial charge in [-0.2, -0.15) is 10.2 Å². The lowest BCUT2D eigenvalue weighted by Gasteiger charge is -2.30. The standard InChI is InChI=1S/C21H20FN3O3/c1-14(21(26)27)16-7-9-25(10-8-16)19-3-2-4-20(24-19)28-13-17-6-5-15(12-23)11-18(17)22/h2-6,11H,7-10,13H2,1H3,(H,26,27). The van der Waals surface area contributed by atoms with Gasteiger partial charge in [0.1, 0.15) is 18.2 Å². The minimum absolute atomic E-state index is 0.0126. The van der Waals surface area contributed by atoms with Crippen molar-refractivity contribution in [2.45, 2.75) is 26.4 Å². The summed E-state index contributed by atoms with van der Waals surface area (Å²) in [7, 11) is 0. The molecule has 1 N–H and O–H groups in total. The molecule has 2 aromatic rings. The van der Waals surface area contributed by atoms with Crippen molar-refractivity contribution in [2.24, 2.45) is 0 Å². The van der Waals surface area contributed by atoms with E-state index in [0.717, 1.165) is 11.4 Å². The van der Waals surface area contributed by atoms with Gasteiger partial charge in [-0.3, -0.25) is 0 Å². The molecule has 2 heterocycles. The Kier molecular flexibility index (Phi) is 5.90. The lowest BCUT2D eigenvalue weighted by molar-refractivity contribution is -0.132. The summed E-state index contributed by atoms with van der Waals surface area (Å²) >= 11 is 0. The second kappa shape index (κ2) is 8.53. The van der Waals surface area contributed by atoms with E-state index in [9.17, 15) is 9.18 Å². The van der Waals surface area contributed by atoms with Gasteiger partial charge in [-0.1, -0.05) is 17.7 Å². The lowest BCUT2D eigenvalue weighted by atomic mass is 9.99. The molecule has 1 aromatic heterocycles. The van der Waals surface area contributed by atoms with Gasteiger partial charge in [-0.25, -0.2) is 9.18 Å². The lowest BCUT2D eigenvalue weighted by Crippen LogP contribution is -2.32. The number of anilines is 1. The molecule has 0 atom stereocenters. The van der Waals surface area contributed by atoms with Gasteiger partial charge in [-0.15, -0.1) is 0 Å². The van der Waals surface area contributed by atoms with Crippen molar-refractivity contribution in [3.8, 4) is 11.9 Å². The predicted molar refractivity (Wildman–Crippen MR) is 101 cm³/mol. The molecule has 0 aliphatic carbocycles. The zero-order chi connectivity index (χ0) is 20.1. The number of rotatable bonds is 5. The van der Waals surface area contributed by atoms with Crippen molar-refractivity contribution < 1.29 is 19.0 Å². The highest BCUT2D eigenvalue weighted by Gasteiger charge is 2.19. The van der Waals surface area contributed by atoms with Crippen LogP contribution in [-0.4, -0.2) is 29.1 Å². The summed E-state index contributed by atoms with van der Waals surface area (Å²) in [6, 6.07) is 11.5. The molecular formula is C21H20FN3O3. The number of ether oxygens (including phenoxy) is 1. The Hall–Kier alpha value is -3.40. The van der Waals surface area contributed by atoms with Gasteiger partial charge in [-0.05, 0) is 38.0 Å². The van der Waals surface area contributed by atoms with Crippen LogP contribution in [0.15, 0.2) is 47.5 Å². The third kappa shape index (κ3) is 4.46. The van der Waals surface area contributed by atoms with Gasteiger partial charge < -0.3 is 14.7 Å². The highest BCUT2D eigenvalue weighted by atomic mass is 19.1. The molecule has 7 heteroatoms. The van der Waals surface area contributed by atoms with Gasteiger partial charge in [0, 0.05) is 30.3 Å². The molecule has 3 rings (SSSR count). The topological polar surface area (TPSA) is 86.5 Å². The number of piperidine rings is 1. The summed E-state index contributed by atoms with van der Waals surface area (Å²) in [5.41, 5.74) is 2.00. The number of nitrogens with zero attached hydrogens (tertiary/aromatic N) is 3.